The van der Waals surface area contributed by atoms with Crippen molar-refractivity contribution >= 4 is 13.5 Å². The zero-order valence-corrected chi connectivity index (χ0v) is 9.31. The summed E-state index contributed by atoms with van der Waals surface area (Å²) < 4.78 is 0. The molecule has 70 valence electrons. The lowest BCUT2D eigenvalue weighted by Gasteiger charge is -2.27. The molecule has 1 aliphatic heterocycles. The molecule has 2 nitrogen and oxygen atoms in total. The van der Waals surface area contributed by atoms with E-state index in [1.165, 1.54) is 6.42 Å². The van der Waals surface area contributed by atoms with Crippen LogP contribution in [0, 0.1) is 5.92 Å². The maximum Gasteiger partial charge on any atom is 0.127 e. The molecular formula is C9H19NOSi. The molecule has 1 aliphatic rings. The second-order valence-corrected chi connectivity index (χ2v) is 9.22. The summed E-state index contributed by atoms with van der Waals surface area (Å²) in [6.45, 7) is 8.44. The van der Waals surface area contributed by atoms with Gasteiger partial charge in [-0.05, 0) is 19.0 Å². The van der Waals surface area contributed by atoms with Crippen molar-refractivity contribution in [2.45, 2.75) is 32.5 Å². The Hall–Kier alpha value is -0.153. The monoisotopic (exact) mass is 185 g/mol. The van der Waals surface area contributed by atoms with E-state index in [1.807, 2.05) is 0 Å². The van der Waals surface area contributed by atoms with E-state index in [0.717, 1.165) is 19.1 Å². The minimum atomic E-state index is -1.52. The predicted octanol–water partition coefficient (Wildman–Crippen LogP) is 1.43. The molecule has 1 unspecified atom stereocenters. The number of carbonyl (C=O) groups excluding carboxylic acids is 1. The van der Waals surface area contributed by atoms with Crippen LogP contribution in [0.3, 0.4) is 0 Å². The van der Waals surface area contributed by atoms with Crippen molar-refractivity contribution in [3.8, 4) is 0 Å². The summed E-state index contributed by atoms with van der Waals surface area (Å²) in [5.41, 5.74) is 0. The van der Waals surface area contributed by atoms with Crippen molar-refractivity contribution in [1.29, 1.82) is 0 Å². The van der Waals surface area contributed by atoms with Crippen molar-refractivity contribution in [3.05, 3.63) is 0 Å². The molecule has 0 radical (unpaired) electrons. The van der Waals surface area contributed by atoms with Crippen LogP contribution >= 0.6 is 0 Å². The summed E-state index contributed by atoms with van der Waals surface area (Å²) in [6.07, 6.45) is 1.18. The van der Waals surface area contributed by atoms with Crippen LogP contribution in [0.2, 0.25) is 19.1 Å². The molecule has 1 N–H and O–H groups in total. The Morgan fingerprint density at radius 1 is 1.50 bits per heavy atom. The summed E-state index contributed by atoms with van der Waals surface area (Å²) in [6, 6.07) is 1.16. The lowest BCUT2D eigenvalue weighted by Crippen LogP contribution is -2.46. The molecule has 1 atom stereocenters. The molecule has 0 aromatic carbocycles. The van der Waals surface area contributed by atoms with E-state index in [9.17, 15) is 4.79 Å². The molecule has 0 aromatic rings. The first-order valence-corrected chi connectivity index (χ1v) is 8.00. The fourth-order valence-electron chi connectivity index (χ4n) is 1.86. The topological polar surface area (TPSA) is 29.1 Å². The van der Waals surface area contributed by atoms with Crippen LogP contribution in [-0.4, -0.2) is 26.6 Å². The number of rotatable bonds is 0. The quantitative estimate of drug-likeness (QED) is 0.579. The number of carbonyl (C=O) groups is 1. The van der Waals surface area contributed by atoms with Gasteiger partial charge in [-0.3, -0.25) is 0 Å². The van der Waals surface area contributed by atoms with Gasteiger partial charge >= 0.3 is 0 Å². The minimum absolute atomic E-state index is 0.243. The van der Waals surface area contributed by atoms with Gasteiger partial charge in [-0.25, -0.2) is 0 Å². The number of hydrogen-bond acceptors (Lipinski definition) is 2. The van der Waals surface area contributed by atoms with E-state index >= 15 is 0 Å². The smallest absolute Gasteiger partial charge is 0.127 e. The Labute approximate surface area is 75.7 Å². The largest absolute Gasteiger partial charge is 0.316 e. The lowest BCUT2D eigenvalue weighted by atomic mass is 10.2. The maximum atomic E-state index is 11.8. The highest BCUT2D eigenvalue weighted by Crippen LogP contribution is 2.18. The van der Waals surface area contributed by atoms with Gasteiger partial charge in [-0.1, -0.05) is 20.0 Å². The van der Waals surface area contributed by atoms with E-state index in [-0.39, 0.29) is 5.92 Å². The van der Waals surface area contributed by atoms with Crippen molar-refractivity contribution in [2.75, 3.05) is 13.1 Å². The highest BCUT2D eigenvalue weighted by molar-refractivity contribution is 7.04. The summed E-state index contributed by atoms with van der Waals surface area (Å²) in [4.78, 5) is 11.8. The fraction of sp³-hybridized carbons (Fsp3) is 0.889. The van der Waals surface area contributed by atoms with Gasteiger partial charge in [0.05, 0.1) is 0 Å². The normalized spacial score (nSPS) is 30.9. The summed E-state index contributed by atoms with van der Waals surface area (Å²) in [5, 5.41) is 3.86. The van der Waals surface area contributed by atoms with Gasteiger partial charge in [0.2, 0.25) is 0 Å². The SMILES string of the molecule is CC1CNCCC[Si](C)(C)C1=O. The third-order valence-electron chi connectivity index (χ3n) is 2.72. The molecule has 1 heterocycles. The average molecular weight is 185 g/mol. The van der Waals surface area contributed by atoms with Gasteiger partial charge in [0.25, 0.3) is 0 Å². The summed E-state index contributed by atoms with van der Waals surface area (Å²) in [7, 11) is -1.52. The molecule has 0 spiro atoms. The molecule has 0 amide bonds. The van der Waals surface area contributed by atoms with E-state index in [4.69, 9.17) is 0 Å². The van der Waals surface area contributed by atoms with Crippen LogP contribution in [0.1, 0.15) is 13.3 Å². The molecule has 0 saturated carbocycles. The highest BCUT2D eigenvalue weighted by atomic mass is 28.3. The zero-order chi connectivity index (χ0) is 9.19. The second kappa shape index (κ2) is 3.71. The molecule has 3 heteroatoms. The molecule has 1 rings (SSSR count). The van der Waals surface area contributed by atoms with Crippen LogP contribution in [0.25, 0.3) is 0 Å². The molecule has 1 fully saturated rings. The van der Waals surface area contributed by atoms with Gasteiger partial charge in [0.15, 0.2) is 0 Å². The first-order chi connectivity index (χ1) is 5.54. The Bertz CT molecular complexity index is 179. The number of nitrogens with one attached hydrogen (secondary N) is 1. The molecule has 1 saturated heterocycles. The first kappa shape index (κ1) is 9.93. The highest BCUT2D eigenvalue weighted by Gasteiger charge is 2.33. The van der Waals surface area contributed by atoms with Crippen molar-refractivity contribution < 1.29 is 4.79 Å². The van der Waals surface area contributed by atoms with Crippen LogP contribution in [-0.2, 0) is 4.79 Å². The standard InChI is InChI=1S/C9H19NOSi/c1-8-7-10-5-4-6-12(2,3)9(8)11/h8,10H,4-7H2,1-3H3. The number of hydrogen-bond donors (Lipinski definition) is 1. The van der Waals surface area contributed by atoms with Gasteiger partial charge < -0.3 is 10.1 Å². The van der Waals surface area contributed by atoms with E-state index < -0.39 is 8.07 Å². The van der Waals surface area contributed by atoms with E-state index in [0.29, 0.717) is 5.41 Å². The van der Waals surface area contributed by atoms with Gasteiger partial charge in [0, 0.05) is 12.5 Å². The molecule has 0 bridgehead atoms. The maximum absolute atomic E-state index is 11.8. The van der Waals surface area contributed by atoms with Crippen LogP contribution in [0.4, 0.5) is 0 Å². The van der Waals surface area contributed by atoms with Gasteiger partial charge in [-0.15, -0.1) is 0 Å². The zero-order valence-electron chi connectivity index (χ0n) is 8.31. The Kier molecular flexibility index (Phi) is 3.07. The Morgan fingerprint density at radius 3 is 2.83 bits per heavy atom. The third kappa shape index (κ3) is 2.17. The van der Waals surface area contributed by atoms with Crippen molar-refractivity contribution in [2.24, 2.45) is 5.92 Å². The van der Waals surface area contributed by atoms with Crippen molar-refractivity contribution in [1.82, 2.24) is 5.32 Å². The van der Waals surface area contributed by atoms with Crippen LogP contribution in [0.15, 0.2) is 0 Å². The van der Waals surface area contributed by atoms with Crippen molar-refractivity contribution in [3.63, 3.8) is 0 Å². The fourth-order valence-corrected chi connectivity index (χ4v) is 4.60. The van der Waals surface area contributed by atoms with Crippen LogP contribution in [0.5, 0.6) is 0 Å². The summed E-state index contributed by atoms with van der Waals surface area (Å²) in [5.74, 6) is 0.243. The molecule has 0 aliphatic carbocycles. The van der Waals surface area contributed by atoms with Gasteiger partial charge in [-0.2, -0.15) is 0 Å². The molecule has 0 aromatic heterocycles. The van der Waals surface area contributed by atoms with Crippen LogP contribution < -0.4 is 5.32 Å². The average Bonchev–Trinajstić information content (AvgIpc) is 2.00. The summed E-state index contributed by atoms with van der Waals surface area (Å²) >= 11 is 0. The van der Waals surface area contributed by atoms with E-state index in [2.05, 4.69) is 25.3 Å². The van der Waals surface area contributed by atoms with Gasteiger partial charge in [0.1, 0.15) is 13.5 Å². The minimum Gasteiger partial charge on any atom is -0.316 e. The Morgan fingerprint density at radius 2 is 2.17 bits per heavy atom. The lowest BCUT2D eigenvalue weighted by molar-refractivity contribution is -0.115. The van der Waals surface area contributed by atoms with E-state index in [1.54, 1.807) is 0 Å². The predicted molar refractivity (Wildman–Crippen MR) is 53.9 cm³/mol. The first-order valence-electron chi connectivity index (χ1n) is 4.79. The molecule has 12 heavy (non-hydrogen) atoms. The third-order valence-corrected chi connectivity index (χ3v) is 6.15. The molecular weight excluding hydrogens is 166 g/mol. The Balaban J connectivity index is 2.67. The second-order valence-electron chi connectivity index (χ2n) is 4.46.